The second kappa shape index (κ2) is 5.56. The van der Waals surface area contributed by atoms with Gasteiger partial charge in [0.05, 0.1) is 27.4 Å². The second-order valence-corrected chi connectivity index (χ2v) is 4.06. The van der Waals surface area contributed by atoms with Gasteiger partial charge in [0.25, 0.3) is 0 Å². The van der Waals surface area contributed by atoms with Gasteiger partial charge in [-0.05, 0) is 24.7 Å². The highest BCUT2D eigenvalue weighted by Crippen LogP contribution is 2.38. The van der Waals surface area contributed by atoms with Crippen molar-refractivity contribution in [3.63, 3.8) is 0 Å². The summed E-state index contributed by atoms with van der Waals surface area (Å²) in [5.74, 6) is 0.599. The number of hydrogen-bond acceptors (Lipinski definition) is 5. The van der Waals surface area contributed by atoms with Crippen LogP contribution in [0.5, 0.6) is 11.5 Å². The first-order valence-corrected chi connectivity index (χ1v) is 5.96. The van der Waals surface area contributed by atoms with Gasteiger partial charge in [-0.25, -0.2) is 0 Å². The fourth-order valence-corrected chi connectivity index (χ4v) is 2.17. The lowest BCUT2D eigenvalue weighted by Gasteiger charge is -2.28. The van der Waals surface area contributed by atoms with E-state index in [1.807, 2.05) is 18.2 Å². The predicted octanol–water partition coefficient (Wildman–Crippen LogP) is 1.25. The first kappa shape index (κ1) is 13.1. The molecule has 5 nitrogen and oxygen atoms in total. The zero-order valence-corrected chi connectivity index (χ0v) is 10.8. The summed E-state index contributed by atoms with van der Waals surface area (Å²) in [6.45, 7) is 1.65. The molecule has 1 fully saturated rings. The van der Waals surface area contributed by atoms with Crippen molar-refractivity contribution >= 4 is 0 Å². The van der Waals surface area contributed by atoms with Crippen LogP contribution in [0, 0.1) is 0 Å². The Hall–Kier alpha value is -1.30. The average molecular weight is 253 g/mol. The zero-order valence-electron chi connectivity index (χ0n) is 10.8. The van der Waals surface area contributed by atoms with Crippen LogP contribution in [0.25, 0.3) is 0 Å². The van der Waals surface area contributed by atoms with Gasteiger partial charge >= 0.3 is 0 Å². The monoisotopic (exact) mass is 253 g/mol. The molecule has 5 heteroatoms. The maximum absolute atomic E-state index is 5.74. The van der Waals surface area contributed by atoms with Crippen LogP contribution >= 0.6 is 0 Å². The van der Waals surface area contributed by atoms with Crippen LogP contribution in [0.3, 0.4) is 0 Å². The summed E-state index contributed by atoms with van der Waals surface area (Å²) >= 11 is 0. The first-order valence-electron chi connectivity index (χ1n) is 5.96. The van der Waals surface area contributed by atoms with Crippen LogP contribution in [0.4, 0.5) is 0 Å². The molecule has 0 aliphatic carbocycles. The van der Waals surface area contributed by atoms with E-state index in [0.717, 1.165) is 5.56 Å². The van der Waals surface area contributed by atoms with E-state index in [-0.39, 0.29) is 0 Å². The van der Waals surface area contributed by atoms with Gasteiger partial charge in [0, 0.05) is 12.0 Å². The second-order valence-electron chi connectivity index (χ2n) is 4.06. The van der Waals surface area contributed by atoms with Gasteiger partial charge in [-0.3, -0.25) is 0 Å². The van der Waals surface area contributed by atoms with Gasteiger partial charge in [0.15, 0.2) is 17.3 Å². The summed E-state index contributed by atoms with van der Waals surface area (Å²) in [6, 6.07) is 5.64. The Kier molecular flexibility index (Phi) is 4.06. The Morgan fingerprint density at radius 1 is 1.17 bits per heavy atom. The number of nitrogens with two attached hydrogens (primary N) is 1. The highest BCUT2D eigenvalue weighted by Gasteiger charge is 2.38. The molecule has 1 saturated heterocycles. The molecule has 2 rings (SSSR count). The van der Waals surface area contributed by atoms with Crippen molar-refractivity contribution in [3.05, 3.63) is 23.8 Å². The lowest BCUT2D eigenvalue weighted by atomic mass is 10.0. The number of ether oxygens (including phenoxy) is 4. The molecule has 100 valence electrons. The molecule has 0 radical (unpaired) electrons. The summed E-state index contributed by atoms with van der Waals surface area (Å²) in [5, 5.41) is 0. The molecule has 1 heterocycles. The average Bonchev–Trinajstić information content (AvgIpc) is 2.88. The summed E-state index contributed by atoms with van der Waals surface area (Å²) < 4.78 is 22.0. The molecule has 0 unspecified atom stereocenters. The summed E-state index contributed by atoms with van der Waals surface area (Å²) in [5.41, 5.74) is 6.55. The third-order valence-corrected chi connectivity index (χ3v) is 3.05. The van der Waals surface area contributed by atoms with E-state index in [1.54, 1.807) is 14.2 Å². The van der Waals surface area contributed by atoms with Crippen molar-refractivity contribution < 1.29 is 18.9 Å². The third kappa shape index (κ3) is 2.29. The number of methoxy groups -OCH3 is 2. The highest BCUT2D eigenvalue weighted by atomic mass is 16.7. The van der Waals surface area contributed by atoms with E-state index in [4.69, 9.17) is 24.7 Å². The van der Waals surface area contributed by atoms with Crippen molar-refractivity contribution in [2.75, 3.05) is 34.0 Å². The first-order chi connectivity index (χ1) is 8.75. The minimum Gasteiger partial charge on any atom is -0.493 e. The van der Waals surface area contributed by atoms with Crippen LogP contribution in [0.15, 0.2) is 18.2 Å². The third-order valence-electron chi connectivity index (χ3n) is 3.05. The van der Waals surface area contributed by atoms with Crippen LogP contribution in [0.2, 0.25) is 0 Å². The highest BCUT2D eigenvalue weighted by molar-refractivity contribution is 5.44. The molecule has 0 aromatic heterocycles. The van der Waals surface area contributed by atoms with E-state index in [2.05, 4.69) is 0 Å². The standard InChI is InChI=1S/C13H19NO4/c1-15-11-4-3-10(9-12(11)16-2)13(5-6-14)17-7-8-18-13/h3-4,9H,5-8,14H2,1-2H3. The van der Waals surface area contributed by atoms with Gasteiger partial charge in [-0.15, -0.1) is 0 Å². The van der Waals surface area contributed by atoms with E-state index >= 15 is 0 Å². The molecule has 0 bridgehead atoms. The summed E-state index contributed by atoms with van der Waals surface area (Å²) in [7, 11) is 3.21. The zero-order chi connectivity index (χ0) is 13.0. The Balaban J connectivity index is 2.36. The normalized spacial score (nSPS) is 17.7. The number of benzene rings is 1. The van der Waals surface area contributed by atoms with Crippen molar-refractivity contribution in [1.29, 1.82) is 0 Å². The SMILES string of the molecule is COc1ccc(C2(CCN)OCCO2)cc1OC. The molecule has 18 heavy (non-hydrogen) atoms. The van der Waals surface area contributed by atoms with Gasteiger partial charge in [0.2, 0.25) is 0 Å². The molecule has 1 aromatic carbocycles. The smallest absolute Gasteiger partial charge is 0.196 e. The number of rotatable bonds is 5. The lowest BCUT2D eigenvalue weighted by Crippen LogP contribution is -2.30. The molecule has 0 amide bonds. The van der Waals surface area contributed by atoms with E-state index < -0.39 is 5.79 Å². The Bertz CT molecular complexity index is 402. The lowest BCUT2D eigenvalue weighted by molar-refractivity contribution is -0.168. The topological polar surface area (TPSA) is 62.9 Å². The molecular formula is C13H19NO4. The van der Waals surface area contributed by atoms with Crippen molar-refractivity contribution in [2.45, 2.75) is 12.2 Å². The Morgan fingerprint density at radius 3 is 2.39 bits per heavy atom. The molecule has 0 saturated carbocycles. The predicted molar refractivity (Wildman–Crippen MR) is 66.8 cm³/mol. The molecule has 2 N–H and O–H groups in total. The minimum atomic E-state index is -0.742. The van der Waals surface area contributed by atoms with Crippen LogP contribution in [-0.4, -0.2) is 34.0 Å². The quantitative estimate of drug-likeness (QED) is 0.855. The van der Waals surface area contributed by atoms with E-state index in [0.29, 0.717) is 37.7 Å². The maximum Gasteiger partial charge on any atom is 0.196 e. The molecule has 1 aliphatic rings. The van der Waals surface area contributed by atoms with Crippen molar-refractivity contribution in [3.8, 4) is 11.5 Å². The maximum atomic E-state index is 5.74. The largest absolute Gasteiger partial charge is 0.493 e. The van der Waals surface area contributed by atoms with Crippen molar-refractivity contribution in [2.24, 2.45) is 5.73 Å². The van der Waals surface area contributed by atoms with E-state index in [1.165, 1.54) is 0 Å². The fraction of sp³-hybridized carbons (Fsp3) is 0.538. The molecule has 0 spiro atoms. The fourth-order valence-electron chi connectivity index (χ4n) is 2.17. The summed E-state index contributed by atoms with van der Waals surface area (Å²) in [4.78, 5) is 0. The Morgan fingerprint density at radius 2 is 1.83 bits per heavy atom. The van der Waals surface area contributed by atoms with Gasteiger partial charge in [-0.2, -0.15) is 0 Å². The minimum absolute atomic E-state index is 0.494. The van der Waals surface area contributed by atoms with Gasteiger partial charge in [0.1, 0.15) is 0 Å². The molecule has 1 aliphatic heterocycles. The van der Waals surface area contributed by atoms with Gasteiger partial charge in [-0.1, -0.05) is 0 Å². The molecular weight excluding hydrogens is 234 g/mol. The van der Waals surface area contributed by atoms with Crippen LogP contribution in [-0.2, 0) is 15.3 Å². The summed E-state index contributed by atoms with van der Waals surface area (Å²) in [6.07, 6.45) is 0.614. The Labute approximate surface area is 107 Å². The molecule has 0 atom stereocenters. The van der Waals surface area contributed by atoms with E-state index in [9.17, 15) is 0 Å². The van der Waals surface area contributed by atoms with Gasteiger partial charge < -0.3 is 24.7 Å². The molecule has 1 aromatic rings. The number of hydrogen-bond donors (Lipinski definition) is 1. The van der Waals surface area contributed by atoms with Crippen molar-refractivity contribution in [1.82, 2.24) is 0 Å². The van der Waals surface area contributed by atoms with Crippen LogP contribution < -0.4 is 15.2 Å². The van der Waals surface area contributed by atoms with Crippen LogP contribution in [0.1, 0.15) is 12.0 Å².